The molecule has 1 aromatic carbocycles. The third-order valence-electron chi connectivity index (χ3n) is 2.48. The molecule has 0 unspecified atom stereocenters. The Morgan fingerprint density at radius 2 is 1.81 bits per heavy atom. The minimum atomic E-state index is -0.745. The van der Waals surface area contributed by atoms with Crippen LogP contribution in [0.5, 0.6) is 0 Å². The average Bonchev–Trinajstić information content (AvgIpc) is 2.49. The molecule has 21 heavy (non-hydrogen) atoms. The van der Waals surface area contributed by atoms with Crippen LogP contribution < -0.4 is 0 Å². The zero-order chi connectivity index (χ0) is 16.8. The molecule has 3 heteroatoms. The Labute approximate surface area is 134 Å². The van der Waals surface area contributed by atoms with E-state index in [0.717, 1.165) is 22.6 Å². The Bertz CT molecular complexity index is 462. The number of halogens is 1. The number of carbonyl (C=O) groups is 1. The summed E-state index contributed by atoms with van der Waals surface area (Å²) in [7, 11) is 0. The van der Waals surface area contributed by atoms with Crippen LogP contribution in [0.1, 0.15) is 53.0 Å². The van der Waals surface area contributed by atoms with Crippen LogP contribution in [-0.4, -0.2) is 11.1 Å². The van der Waals surface area contributed by atoms with Crippen LogP contribution in [0.25, 0.3) is 5.57 Å². The summed E-state index contributed by atoms with van der Waals surface area (Å²) in [5, 5.41) is 8.48. The van der Waals surface area contributed by atoms with E-state index in [0.29, 0.717) is 0 Å². The third kappa shape index (κ3) is 11.9. The smallest absolute Gasteiger partial charge is 0.303 e. The molecule has 0 radical (unpaired) electrons. The van der Waals surface area contributed by atoms with Crippen LogP contribution >= 0.6 is 11.6 Å². The monoisotopic (exact) mass is 310 g/mol. The summed E-state index contributed by atoms with van der Waals surface area (Å²) in [4.78, 5) is 9.37. The van der Waals surface area contributed by atoms with Crippen LogP contribution in [0.3, 0.4) is 0 Å². The van der Waals surface area contributed by atoms with E-state index in [1.807, 2.05) is 38.1 Å². The second kappa shape index (κ2) is 13.4. The molecule has 2 nitrogen and oxygen atoms in total. The summed E-state index contributed by atoms with van der Waals surface area (Å²) in [6, 6.07) is 7.77. The van der Waals surface area contributed by atoms with Gasteiger partial charge in [-0.15, -0.1) is 0 Å². The van der Waals surface area contributed by atoms with E-state index in [1.54, 1.807) is 6.92 Å². The van der Waals surface area contributed by atoms with Gasteiger partial charge in [0.15, 0.2) is 0 Å². The van der Waals surface area contributed by atoms with Crippen molar-refractivity contribution in [3.63, 3.8) is 0 Å². The van der Waals surface area contributed by atoms with Crippen molar-refractivity contribution in [2.75, 3.05) is 0 Å². The maximum absolute atomic E-state index is 9.37. The van der Waals surface area contributed by atoms with Crippen molar-refractivity contribution in [3.05, 3.63) is 53.1 Å². The molecule has 0 heterocycles. The van der Waals surface area contributed by atoms with Crippen LogP contribution in [0, 0.1) is 0 Å². The Morgan fingerprint density at radius 1 is 1.29 bits per heavy atom. The number of carboxylic acids is 1. The van der Waals surface area contributed by atoms with Gasteiger partial charge in [0.05, 0.1) is 0 Å². The number of carboxylic acid groups (broad SMARTS) is 1. The first kappa shape index (κ1) is 21.8. The number of hydrogen-bond acceptors (Lipinski definition) is 1. The molecule has 0 aliphatic rings. The summed E-state index contributed by atoms with van der Waals surface area (Å²) in [6.07, 6.45) is 3.38. The molecule has 0 atom stereocenters. The van der Waals surface area contributed by atoms with Gasteiger partial charge in [-0.1, -0.05) is 69.7 Å². The highest BCUT2D eigenvalue weighted by Gasteiger charge is 1.96. The van der Waals surface area contributed by atoms with E-state index < -0.39 is 5.97 Å². The fraction of sp³-hybridized carbons (Fsp3) is 0.389. The van der Waals surface area contributed by atoms with Gasteiger partial charge in [0.1, 0.15) is 0 Å². The standard InChI is InChI=1S/C13H15Cl.C3H6O2.C2H6/c1-4-10(2)8-11(3)12-6-5-7-13(14)9-12;1-2-3(4)5;1-2/h5-9H,3-4H2,1-2H3;2H2,1H3,(H,4,5);1-2H3/b10-8+;;. The fourth-order valence-corrected chi connectivity index (χ4v) is 1.36. The molecule has 0 fully saturated rings. The SMILES string of the molecule is C=C(/C=C(\C)CC)c1cccc(Cl)c1.CC.CCC(=O)O. The zero-order valence-electron chi connectivity index (χ0n) is 13.7. The molecule has 0 aliphatic carbocycles. The molecule has 0 saturated carbocycles. The fourth-order valence-electron chi connectivity index (χ4n) is 1.17. The van der Waals surface area contributed by atoms with Crippen molar-refractivity contribution in [2.45, 2.75) is 47.5 Å². The first-order valence-electron chi connectivity index (χ1n) is 7.24. The number of benzene rings is 1. The van der Waals surface area contributed by atoms with E-state index in [9.17, 15) is 4.79 Å². The van der Waals surface area contributed by atoms with Gasteiger partial charge in [-0.25, -0.2) is 0 Å². The molecular weight excluding hydrogens is 284 g/mol. The molecular formula is C18H27ClO2. The molecule has 0 bridgehead atoms. The second-order valence-corrected chi connectivity index (χ2v) is 4.56. The van der Waals surface area contributed by atoms with Gasteiger partial charge in [-0.05, 0) is 36.6 Å². The Morgan fingerprint density at radius 3 is 2.19 bits per heavy atom. The summed E-state index contributed by atoms with van der Waals surface area (Å²) >= 11 is 5.90. The third-order valence-corrected chi connectivity index (χ3v) is 2.71. The molecule has 0 amide bonds. The van der Waals surface area contributed by atoms with Crippen molar-refractivity contribution < 1.29 is 9.90 Å². The normalized spacial score (nSPS) is 9.71. The van der Waals surface area contributed by atoms with Gasteiger partial charge < -0.3 is 5.11 Å². The Hall–Kier alpha value is -1.54. The van der Waals surface area contributed by atoms with Gasteiger partial charge in [0, 0.05) is 11.4 Å². The van der Waals surface area contributed by atoms with Crippen molar-refractivity contribution in [2.24, 2.45) is 0 Å². The lowest BCUT2D eigenvalue weighted by molar-refractivity contribution is -0.136. The number of hydrogen-bond donors (Lipinski definition) is 1. The topological polar surface area (TPSA) is 37.3 Å². The van der Waals surface area contributed by atoms with E-state index >= 15 is 0 Å². The number of allylic oxidation sites excluding steroid dienone is 3. The second-order valence-electron chi connectivity index (χ2n) is 4.13. The Balaban J connectivity index is 0. The molecule has 1 rings (SSSR count). The lowest BCUT2D eigenvalue weighted by atomic mass is 10.0. The summed E-state index contributed by atoms with van der Waals surface area (Å²) < 4.78 is 0. The first-order valence-corrected chi connectivity index (χ1v) is 7.62. The van der Waals surface area contributed by atoms with E-state index in [2.05, 4.69) is 26.5 Å². The number of rotatable bonds is 4. The quantitative estimate of drug-likeness (QED) is 0.670. The molecule has 0 aliphatic heterocycles. The molecule has 0 spiro atoms. The van der Waals surface area contributed by atoms with Crippen molar-refractivity contribution in [3.8, 4) is 0 Å². The van der Waals surface area contributed by atoms with Crippen LogP contribution in [0.2, 0.25) is 5.02 Å². The van der Waals surface area contributed by atoms with Crippen molar-refractivity contribution >= 4 is 23.1 Å². The van der Waals surface area contributed by atoms with E-state index in [4.69, 9.17) is 16.7 Å². The minimum Gasteiger partial charge on any atom is -0.481 e. The van der Waals surface area contributed by atoms with E-state index in [-0.39, 0.29) is 6.42 Å². The Kier molecular flexibility index (Phi) is 13.9. The highest BCUT2D eigenvalue weighted by molar-refractivity contribution is 6.30. The van der Waals surface area contributed by atoms with Gasteiger partial charge in [-0.3, -0.25) is 4.79 Å². The van der Waals surface area contributed by atoms with Gasteiger partial charge in [0.2, 0.25) is 0 Å². The summed E-state index contributed by atoms with van der Waals surface area (Å²) in [5.41, 5.74) is 3.44. The van der Waals surface area contributed by atoms with Gasteiger partial charge in [0.25, 0.3) is 0 Å². The van der Waals surface area contributed by atoms with Gasteiger partial charge >= 0.3 is 5.97 Å². The largest absolute Gasteiger partial charge is 0.481 e. The minimum absolute atomic E-state index is 0.222. The lowest BCUT2D eigenvalue weighted by Crippen LogP contribution is -1.86. The molecule has 0 aromatic heterocycles. The van der Waals surface area contributed by atoms with Crippen molar-refractivity contribution in [1.82, 2.24) is 0 Å². The summed E-state index contributed by atoms with van der Waals surface area (Å²) in [6.45, 7) is 13.9. The molecule has 0 saturated heterocycles. The van der Waals surface area contributed by atoms with E-state index in [1.165, 1.54) is 5.57 Å². The average molecular weight is 311 g/mol. The lowest BCUT2D eigenvalue weighted by Gasteiger charge is -2.02. The molecule has 1 aromatic rings. The van der Waals surface area contributed by atoms with Crippen LogP contribution in [-0.2, 0) is 4.79 Å². The maximum atomic E-state index is 9.37. The van der Waals surface area contributed by atoms with Crippen molar-refractivity contribution in [1.29, 1.82) is 0 Å². The number of aliphatic carboxylic acids is 1. The highest BCUT2D eigenvalue weighted by Crippen LogP contribution is 2.19. The zero-order valence-corrected chi connectivity index (χ0v) is 14.5. The van der Waals surface area contributed by atoms with Gasteiger partial charge in [-0.2, -0.15) is 0 Å². The van der Waals surface area contributed by atoms with Crippen LogP contribution in [0.4, 0.5) is 0 Å². The molecule has 1 N–H and O–H groups in total. The predicted molar refractivity (Wildman–Crippen MR) is 93.8 cm³/mol. The molecule has 118 valence electrons. The predicted octanol–water partition coefficient (Wildman–Crippen LogP) is 6.22. The first-order chi connectivity index (χ1) is 9.90. The highest BCUT2D eigenvalue weighted by atomic mass is 35.5. The van der Waals surface area contributed by atoms with Crippen LogP contribution in [0.15, 0.2) is 42.5 Å². The maximum Gasteiger partial charge on any atom is 0.303 e. The summed E-state index contributed by atoms with van der Waals surface area (Å²) in [5.74, 6) is -0.745.